The number of amides is 1. The average Bonchev–Trinajstić information content (AvgIpc) is 2.99. The van der Waals surface area contributed by atoms with Gasteiger partial charge in [0, 0.05) is 13.2 Å². The number of rotatable bonds is 4. The topological polar surface area (TPSA) is 62.1 Å². The first-order chi connectivity index (χ1) is 10.1. The molecule has 1 heterocycles. The maximum absolute atomic E-state index is 13.2. The highest BCUT2D eigenvalue weighted by Gasteiger charge is 2.17. The molecule has 1 atom stereocenters. The Morgan fingerprint density at radius 1 is 1.62 bits per heavy atom. The van der Waals surface area contributed by atoms with Gasteiger partial charge in [-0.3, -0.25) is 4.79 Å². The summed E-state index contributed by atoms with van der Waals surface area (Å²) in [6.07, 6.45) is 3.40. The van der Waals surface area contributed by atoms with Crippen LogP contribution in [-0.2, 0) is 9.53 Å². The van der Waals surface area contributed by atoms with Crippen molar-refractivity contribution >= 4 is 12.0 Å². The van der Waals surface area contributed by atoms with Gasteiger partial charge >= 0.3 is 0 Å². The van der Waals surface area contributed by atoms with Gasteiger partial charge in [-0.05, 0) is 49.1 Å². The van der Waals surface area contributed by atoms with Crippen LogP contribution < -0.4 is 5.32 Å². The zero-order valence-corrected chi connectivity index (χ0v) is 11.9. The van der Waals surface area contributed by atoms with Gasteiger partial charge in [-0.25, -0.2) is 4.39 Å². The molecule has 0 radical (unpaired) electrons. The molecule has 0 bridgehead atoms. The zero-order chi connectivity index (χ0) is 15.2. The predicted octanol–water partition coefficient (Wildman–Crippen LogP) is 2.34. The summed E-state index contributed by atoms with van der Waals surface area (Å²) >= 11 is 0. The second-order valence-corrected chi connectivity index (χ2v) is 5.02. The van der Waals surface area contributed by atoms with Crippen LogP contribution in [0.15, 0.2) is 23.8 Å². The SMILES string of the molecule is Cc1cc(C=C(C#N)C(=O)NCC2CCCO2)ccc1F. The molecule has 1 aliphatic heterocycles. The van der Waals surface area contributed by atoms with Gasteiger partial charge in [0.25, 0.3) is 5.91 Å². The first-order valence-corrected chi connectivity index (χ1v) is 6.88. The van der Waals surface area contributed by atoms with E-state index in [1.807, 2.05) is 6.07 Å². The number of nitrogens with zero attached hydrogens (tertiary/aromatic N) is 1. The number of hydrogen-bond acceptors (Lipinski definition) is 3. The first-order valence-electron chi connectivity index (χ1n) is 6.88. The van der Waals surface area contributed by atoms with Crippen molar-refractivity contribution < 1.29 is 13.9 Å². The van der Waals surface area contributed by atoms with E-state index in [4.69, 9.17) is 10.00 Å². The van der Waals surface area contributed by atoms with Gasteiger partial charge in [0.2, 0.25) is 0 Å². The highest BCUT2D eigenvalue weighted by molar-refractivity contribution is 6.01. The number of aryl methyl sites for hydroxylation is 1. The number of benzene rings is 1. The lowest BCUT2D eigenvalue weighted by molar-refractivity contribution is -0.117. The van der Waals surface area contributed by atoms with Gasteiger partial charge in [0.15, 0.2) is 0 Å². The lowest BCUT2D eigenvalue weighted by atomic mass is 10.1. The maximum atomic E-state index is 13.2. The summed E-state index contributed by atoms with van der Waals surface area (Å²) in [5.41, 5.74) is 1.09. The minimum absolute atomic E-state index is 0.000921. The van der Waals surface area contributed by atoms with E-state index in [9.17, 15) is 9.18 Å². The quantitative estimate of drug-likeness (QED) is 0.683. The second-order valence-electron chi connectivity index (χ2n) is 5.02. The van der Waals surface area contributed by atoms with Crippen molar-refractivity contribution in [2.24, 2.45) is 0 Å². The van der Waals surface area contributed by atoms with Gasteiger partial charge < -0.3 is 10.1 Å². The highest BCUT2D eigenvalue weighted by Crippen LogP contribution is 2.13. The van der Waals surface area contributed by atoms with Crippen molar-refractivity contribution in [3.8, 4) is 6.07 Å². The van der Waals surface area contributed by atoms with E-state index in [0.717, 1.165) is 19.4 Å². The van der Waals surface area contributed by atoms with Crippen LogP contribution in [0.2, 0.25) is 0 Å². The smallest absolute Gasteiger partial charge is 0.262 e. The molecule has 1 unspecified atom stereocenters. The Hall–Kier alpha value is -2.19. The lowest BCUT2D eigenvalue weighted by Gasteiger charge is -2.10. The lowest BCUT2D eigenvalue weighted by Crippen LogP contribution is -2.32. The van der Waals surface area contributed by atoms with Crippen LogP contribution in [-0.4, -0.2) is 25.2 Å². The molecular weight excluding hydrogens is 271 g/mol. The second kappa shape index (κ2) is 7.00. The van der Waals surface area contributed by atoms with Crippen molar-refractivity contribution in [1.29, 1.82) is 5.26 Å². The van der Waals surface area contributed by atoms with Crippen molar-refractivity contribution in [1.82, 2.24) is 5.32 Å². The number of hydrogen-bond donors (Lipinski definition) is 1. The summed E-state index contributed by atoms with van der Waals surface area (Å²) in [6, 6.07) is 6.33. The van der Waals surface area contributed by atoms with Crippen molar-refractivity contribution in [3.05, 3.63) is 40.7 Å². The van der Waals surface area contributed by atoms with Crippen LogP contribution in [0.4, 0.5) is 4.39 Å². The molecule has 1 fully saturated rings. The third kappa shape index (κ3) is 4.14. The fourth-order valence-corrected chi connectivity index (χ4v) is 2.18. The first kappa shape index (κ1) is 15.2. The summed E-state index contributed by atoms with van der Waals surface area (Å²) in [4.78, 5) is 12.0. The molecule has 4 nitrogen and oxygen atoms in total. The largest absolute Gasteiger partial charge is 0.376 e. The van der Waals surface area contributed by atoms with Crippen LogP contribution in [0.25, 0.3) is 6.08 Å². The van der Waals surface area contributed by atoms with E-state index in [1.165, 1.54) is 18.2 Å². The van der Waals surface area contributed by atoms with E-state index < -0.39 is 5.91 Å². The van der Waals surface area contributed by atoms with E-state index in [0.29, 0.717) is 17.7 Å². The molecule has 0 spiro atoms. The summed E-state index contributed by atoms with van der Waals surface area (Å²) in [5.74, 6) is -0.747. The molecule has 1 aromatic rings. The molecule has 0 aromatic heterocycles. The molecule has 1 N–H and O–H groups in total. The van der Waals surface area contributed by atoms with Crippen molar-refractivity contribution in [3.63, 3.8) is 0 Å². The summed E-state index contributed by atoms with van der Waals surface area (Å²) in [7, 11) is 0. The van der Waals surface area contributed by atoms with Gasteiger partial charge in [0.05, 0.1) is 6.10 Å². The average molecular weight is 288 g/mol. The van der Waals surface area contributed by atoms with Crippen molar-refractivity contribution in [2.75, 3.05) is 13.2 Å². The Kier molecular flexibility index (Phi) is 5.07. The minimum Gasteiger partial charge on any atom is -0.376 e. The molecule has 2 rings (SSSR count). The molecule has 0 aliphatic carbocycles. The normalized spacial score (nSPS) is 18.3. The fourth-order valence-electron chi connectivity index (χ4n) is 2.18. The molecule has 110 valence electrons. The number of halogens is 1. The van der Waals surface area contributed by atoms with Gasteiger partial charge in [-0.2, -0.15) is 5.26 Å². The molecule has 5 heteroatoms. The Balaban J connectivity index is 2.03. The molecule has 1 aromatic carbocycles. The summed E-state index contributed by atoms with van der Waals surface area (Å²) in [5, 5.41) is 11.8. The summed E-state index contributed by atoms with van der Waals surface area (Å²) < 4.78 is 18.6. The van der Waals surface area contributed by atoms with Gasteiger partial charge in [-0.15, -0.1) is 0 Å². The molecule has 1 amide bonds. The number of nitriles is 1. The van der Waals surface area contributed by atoms with Crippen LogP contribution in [0.1, 0.15) is 24.0 Å². The molecule has 1 saturated heterocycles. The number of nitrogens with one attached hydrogen (secondary N) is 1. The maximum Gasteiger partial charge on any atom is 0.262 e. The highest BCUT2D eigenvalue weighted by atomic mass is 19.1. The van der Waals surface area contributed by atoms with Crippen molar-refractivity contribution in [2.45, 2.75) is 25.9 Å². The monoisotopic (exact) mass is 288 g/mol. The molecule has 1 aliphatic rings. The van der Waals surface area contributed by atoms with Gasteiger partial charge in [0.1, 0.15) is 17.5 Å². The Bertz CT molecular complexity index is 599. The minimum atomic E-state index is -0.435. The van der Waals surface area contributed by atoms with E-state index >= 15 is 0 Å². The van der Waals surface area contributed by atoms with E-state index in [-0.39, 0.29) is 17.5 Å². The van der Waals surface area contributed by atoms with Crippen LogP contribution in [0, 0.1) is 24.1 Å². The third-order valence-corrected chi connectivity index (χ3v) is 3.37. The number of ether oxygens (including phenoxy) is 1. The van der Waals surface area contributed by atoms with Gasteiger partial charge in [-0.1, -0.05) is 6.07 Å². The molecule has 21 heavy (non-hydrogen) atoms. The fraction of sp³-hybridized carbons (Fsp3) is 0.375. The van der Waals surface area contributed by atoms with Crippen LogP contribution in [0.5, 0.6) is 0 Å². The molecular formula is C16H17FN2O2. The Morgan fingerprint density at radius 2 is 2.43 bits per heavy atom. The Labute approximate surface area is 123 Å². The van der Waals surface area contributed by atoms with E-state index in [1.54, 1.807) is 13.0 Å². The van der Waals surface area contributed by atoms with Crippen LogP contribution in [0.3, 0.4) is 0 Å². The van der Waals surface area contributed by atoms with E-state index in [2.05, 4.69) is 5.32 Å². The Morgan fingerprint density at radius 3 is 3.05 bits per heavy atom. The standard InChI is InChI=1S/C16H17FN2O2/c1-11-7-12(4-5-15(11)17)8-13(9-18)16(20)19-10-14-3-2-6-21-14/h4-5,7-8,14H,2-3,6,10H2,1H3,(H,19,20). The predicted molar refractivity (Wildman–Crippen MR) is 76.7 cm³/mol. The molecule has 0 saturated carbocycles. The number of carbonyl (C=O) groups is 1. The van der Waals surface area contributed by atoms with Crippen LogP contribution >= 0.6 is 0 Å². The summed E-state index contributed by atoms with van der Waals surface area (Å²) in [6.45, 7) is 2.76. The third-order valence-electron chi connectivity index (χ3n) is 3.37. The zero-order valence-electron chi connectivity index (χ0n) is 11.9. The number of carbonyl (C=O) groups excluding carboxylic acids is 1.